The number of hydrogen-bond acceptors (Lipinski definition) is 2. The van der Waals surface area contributed by atoms with E-state index in [-0.39, 0.29) is 5.69 Å². The number of rotatable bonds is 3. The lowest BCUT2D eigenvalue weighted by Crippen LogP contribution is -2.12. The highest BCUT2D eigenvalue weighted by molar-refractivity contribution is 5.59. The van der Waals surface area contributed by atoms with Crippen molar-refractivity contribution >= 4 is 11.4 Å². The van der Waals surface area contributed by atoms with E-state index in [1.165, 1.54) is 23.4 Å². The van der Waals surface area contributed by atoms with Gasteiger partial charge in [-0.1, -0.05) is 12.1 Å². The Balaban J connectivity index is 1.75. The van der Waals surface area contributed by atoms with Crippen molar-refractivity contribution in [3.63, 3.8) is 0 Å². The normalized spacial score (nSPS) is 13.4. The van der Waals surface area contributed by atoms with Crippen LogP contribution >= 0.6 is 0 Å². The Labute approximate surface area is 123 Å². The Bertz CT molecular complexity index is 683. The van der Waals surface area contributed by atoms with Gasteiger partial charge in [-0.25, -0.2) is 8.78 Å². The first-order valence-corrected chi connectivity index (χ1v) is 7.07. The summed E-state index contributed by atoms with van der Waals surface area (Å²) in [6.07, 6.45) is 1.03. The van der Waals surface area contributed by atoms with Crippen molar-refractivity contribution in [3.05, 3.63) is 58.7 Å². The smallest absolute Gasteiger partial charge is 0.146 e. The number of nitrogens with zero attached hydrogens (tertiary/aromatic N) is 1. The van der Waals surface area contributed by atoms with Gasteiger partial charge in [0.15, 0.2) is 0 Å². The molecule has 4 heteroatoms. The average Bonchev–Trinajstić information content (AvgIpc) is 2.82. The Hall–Kier alpha value is -2.10. The summed E-state index contributed by atoms with van der Waals surface area (Å²) in [5.74, 6) is -0.815. The number of benzene rings is 2. The highest BCUT2D eigenvalue weighted by Gasteiger charge is 2.15. The molecule has 0 fully saturated rings. The van der Waals surface area contributed by atoms with Crippen LogP contribution in [0.25, 0.3) is 0 Å². The zero-order valence-electron chi connectivity index (χ0n) is 12.2. The summed E-state index contributed by atoms with van der Waals surface area (Å²) in [6.45, 7) is 3.07. The summed E-state index contributed by atoms with van der Waals surface area (Å²) in [5, 5.41) is 2.97. The van der Waals surface area contributed by atoms with Crippen LogP contribution in [0.2, 0.25) is 0 Å². The Morgan fingerprint density at radius 2 is 1.95 bits per heavy atom. The monoisotopic (exact) mass is 288 g/mol. The number of likely N-dealkylation sites (N-methyl/N-ethyl adjacent to an activating group) is 1. The van der Waals surface area contributed by atoms with E-state index in [9.17, 15) is 8.78 Å². The first kappa shape index (κ1) is 13.9. The van der Waals surface area contributed by atoms with Crippen LogP contribution in [0.3, 0.4) is 0 Å². The van der Waals surface area contributed by atoms with Gasteiger partial charge in [0.1, 0.15) is 11.6 Å². The second kappa shape index (κ2) is 5.35. The van der Waals surface area contributed by atoms with Crippen molar-refractivity contribution in [2.75, 3.05) is 23.8 Å². The van der Waals surface area contributed by atoms with Gasteiger partial charge in [-0.2, -0.15) is 0 Å². The van der Waals surface area contributed by atoms with E-state index in [0.29, 0.717) is 12.1 Å². The first-order chi connectivity index (χ1) is 10.0. The number of aryl methyl sites for hydroxylation is 1. The zero-order valence-corrected chi connectivity index (χ0v) is 12.2. The third-order valence-corrected chi connectivity index (χ3v) is 4.00. The molecule has 21 heavy (non-hydrogen) atoms. The van der Waals surface area contributed by atoms with Crippen molar-refractivity contribution in [2.24, 2.45) is 0 Å². The maximum Gasteiger partial charge on any atom is 0.146 e. The Kier molecular flexibility index (Phi) is 3.53. The lowest BCUT2D eigenvalue weighted by atomic mass is 10.1. The molecule has 110 valence electrons. The summed E-state index contributed by atoms with van der Waals surface area (Å²) in [4.78, 5) is 2.22. The van der Waals surface area contributed by atoms with Crippen LogP contribution in [0, 0.1) is 18.6 Å². The largest absolute Gasteiger partial charge is 0.379 e. The second-order valence-electron chi connectivity index (χ2n) is 5.57. The molecule has 0 saturated carbocycles. The van der Waals surface area contributed by atoms with Crippen molar-refractivity contribution in [2.45, 2.75) is 19.9 Å². The van der Waals surface area contributed by atoms with E-state index in [0.717, 1.165) is 18.5 Å². The van der Waals surface area contributed by atoms with Crippen molar-refractivity contribution in [1.29, 1.82) is 0 Å². The molecule has 2 nitrogen and oxygen atoms in total. The van der Waals surface area contributed by atoms with E-state index in [1.54, 1.807) is 6.92 Å². The summed E-state index contributed by atoms with van der Waals surface area (Å²) < 4.78 is 27.3. The second-order valence-corrected chi connectivity index (χ2v) is 5.57. The topological polar surface area (TPSA) is 15.3 Å². The van der Waals surface area contributed by atoms with Crippen LogP contribution in [-0.2, 0) is 13.0 Å². The van der Waals surface area contributed by atoms with E-state index in [1.807, 2.05) is 6.07 Å². The third kappa shape index (κ3) is 2.71. The molecule has 1 heterocycles. The maximum atomic E-state index is 13.8. The number of halogens is 2. The number of anilines is 2. The summed E-state index contributed by atoms with van der Waals surface area (Å²) in [5.41, 5.74) is 4.16. The molecule has 1 aliphatic rings. The summed E-state index contributed by atoms with van der Waals surface area (Å²) in [6, 6.07) is 8.68. The molecule has 0 spiro atoms. The van der Waals surface area contributed by atoms with Gasteiger partial charge in [-0.05, 0) is 42.2 Å². The molecule has 2 aromatic carbocycles. The highest BCUT2D eigenvalue weighted by Crippen LogP contribution is 2.28. The molecule has 3 rings (SSSR count). The highest BCUT2D eigenvalue weighted by atomic mass is 19.1. The van der Waals surface area contributed by atoms with Gasteiger partial charge in [0, 0.05) is 31.9 Å². The lowest BCUT2D eigenvalue weighted by Gasteiger charge is -2.13. The molecule has 1 N–H and O–H groups in total. The van der Waals surface area contributed by atoms with E-state index < -0.39 is 11.6 Å². The molecule has 0 aromatic heterocycles. The Morgan fingerprint density at radius 3 is 2.76 bits per heavy atom. The number of fused-ring (bicyclic) bond motifs is 1. The van der Waals surface area contributed by atoms with Crippen LogP contribution in [0.15, 0.2) is 30.3 Å². The van der Waals surface area contributed by atoms with Crippen LogP contribution < -0.4 is 10.2 Å². The average molecular weight is 288 g/mol. The van der Waals surface area contributed by atoms with Crippen molar-refractivity contribution in [3.8, 4) is 0 Å². The van der Waals surface area contributed by atoms with E-state index in [2.05, 4.69) is 29.4 Å². The van der Waals surface area contributed by atoms with Gasteiger partial charge in [0.05, 0.1) is 5.69 Å². The number of nitrogens with one attached hydrogen (secondary N) is 1. The standard InChI is InChI=1S/C17H18F2N2/c1-11-7-15(19)16(9-14(11)18)20-10-12-3-4-17-13(8-12)5-6-21(17)2/h3-4,7-9,20H,5-6,10H2,1-2H3. The SMILES string of the molecule is Cc1cc(F)c(NCc2ccc3c(c2)CCN3C)cc1F. The van der Waals surface area contributed by atoms with Crippen molar-refractivity contribution in [1.82, 2.24) is 0 Å². The lowest BCUT2D eigenvalue weighted by molar-refractivity contribution is 0.594. The fraction of sp³-hybridized carbons (Fsp3) is 0.294. The minimum Gasteiger partial charge on any atom is -0.379 e. The molecule has 0 saturated heterocycles. The van der Waals surface area contributed by atoms with Crippen LogP contribution in [0.4, 0.5) is 20.2 Å². The molecule has 1 aliphatic heterocycles. The predicted octanol–water partition coefficient (Wildman–Crippen LogP) is 3.88. The minimum atomic E-state index is -0.421. The van der Waals surface area contributed by atoms with Gasteiger partial charge in [-0.15, -0.1) is 0 Å². The molecule has 0 radical (unpaired) electrons. The number of hydrogen-bond donors (Lipinski definition) is 1. The van der Waals surface area contributed by atoms with Gasteiger partial charge < -0.3 is 10.2 Å². The minimum absolute atomic E-state index is 0.204. The molecule has 0 atom stereocenters. The zero-order chi connectivity index (χ0) is 15.0. The van der Waals surface area contributed by atoms with Gasteiger partial charge in [0.25, 0.3) is 0 Å². The molecule has 2 aromatic rings. The van der Waals surface area contributed by atoms with E-state index in [4.69, 9.17) is 0 Å². The molecule has 0 amide bonds. The van der Waals surface area contributed by atoms with Gasteiger partial charge >= 0.3 is 0 Å². The van der Waals surface area contributed by atoms with Crippen LogP contribution in [0.5, 0.6) is 0 Å². The van der Waals surface area contributed by atoms with E-state index >= 15 is 0 Å². The first-order valence-electron chi connectivity index (χ1n) is 7.07. The molecule has 0 aliphatic carbocycles. The maximum absolute atomic E-state index is 13.8. The van der Waals surface area contributed by atoms with Crippen LogP contribution in [-0.4, -0.2) is 13.6 Å². The molecular weight excluding hydrogens is 270 g/mol. The summed E-state index contributed by atoms with van der Waals surface area (Å²) in [7, 11) is 2.08. The van der Waals surface area contributed by atoms with Gasteiger partial charge in [-0.3, -0.25) is 0 Å². The molecular formula is C17H18F2N2. The molecule has 0 bridgehead atoms. The quantitative estimate of drug-likeness (QED) is 0.922. The van der Waals surface area contributed by atoms with Crippen molar-refractivity contribution < 1.29 is 8.78 Å². The third-order valence-electron chi connectivity index (χ3n) is 4.00. The predicted molar refractivity (Wildman–Crippen MR) is 81.8 cm³/mol. The molecule has 0 unspecified atom stereocenters. The van der Waals surface area contributed by atoms with Crippen LogP contribution in [0.1, 0.15) is 16.7 Å². The summed E-state index contributed by atoms with van der Waals surface area (Å²) >= 11 is 0. The Morgan fingerprint density at radius 1 is 1.14 bits per heavy atom. The van der Waals surface area contributed by atoms with Gasteiger partial charge in [0.2, 0.25) is 0 Å². The fourth-order valence-corrected chi connectivity index (χ4v) is 2.71. The fourth-order valence-electron chi connectivity index (χ4n) is 2.71.